The first-order valence-electron chi connectivity index (χ1n) is 3.77. The number of hydrogen-bond donors (Lipinski definition) is 1. The van der Waals surface area contributed by atoms with Gasteiger partial charge in [0.2, 0.25) is 5.91 Å². The van der Waals surface area contributed by atoms with Crippen LogP contribution >= 0.6 is 0 Å². The third kappa shape index (κ3) is 2.41. The first-order valence-corrected chi connectivity index (χ1v) is 3.77. The van der Waals surface area contributed by atoms with E-state index in [4.69, 9.17) is 11.3 Å². The quantitative estimate of drug-likeness (QED) is 0.361. The Morgan fingerprint density at radius 3 is 3.17 bits per heavy atom. The molecule has 1 rings (SSSR count). The van der Waals surface area contributed by atoms with Crippen molar-refractivity contribution in [3.63, 3.8) is 0 Å². The van der Waals surface area contributed by atoms with Crippen molar-refractivity contribution >= 4 is 5.91 Å². The topological polar surface area (TPSA) is 95.1 Å². The summed E-state index contributed by atoms with van der Waals surface area (Å²) in [6.07, 6.45) is 0.817. The van der Waals surface area contributed by atoms with Crippen molar-refractivity contribution in [3.05, 3.63) is 10.4 Å². The number of hydrogen-bond acceptors (Lipinski definition) is 3. The number of likely N-dealkylation sites (tertiary alicyclic amines) is 1. The highest BCUT2D eigenvalue weighted by Crippen LogP contribution is 2.11. The van der Waals surface area contributed by atoms with Crippen molar-refractivity contribution in [1.82, 2.24) is 4.90 Å². The molecule has 0 unspecified atom stereocenters. The van der Waals surface area contributed by atoms with Gasteiger partial charge in [-0.25, -0.2) is 0 Å². The van der Waals surface area contributed by atoms with Crippen LogP contribution in [-0.4, -0.2) is 36.5 Å². The van der Waals surface area contributed by atoms with Crippen LogP contribution in [-0.2, 0) is 4.79 Å². The molecule has 66 valence electrons. The van der Waals surface area contributed by atoms with Crippen LogP contribution in [0.4, 0.5) is 0 Å². The van der Waals surface area contributed by atoms with Gasteiger partial charge in [0.1, 0.15) is 0 Å². The number of rotatable bonds is 3. The number of amides is 1. The molecule has 0 bridgehead atoms. The van der Waals surface area contributed by atoms with Gasteiger partial charge in [0.15, 0.2) is 0 Å². The summed E-state index contributed by atoms with van der Waals surface area (Å²) in [7, 11) is 0. The molecule has 0 spiro atoms. The Balaban J connectivity index is 2.35. The van der Waals surface area contributed by atoms with Gasteiger partial charge in [-0.2, -0.15) is 0 Å². The third-order valence-corrected chi connectivity index (χ3v) is 1.84. The lowest BCUT2D eigenvalue weighted by Gasteiger charge is -2.11. The van der Waals surface area contributed by atoms with E-state index in [1.165, 1.54) is 0 Å². The van der Waals surface area contributed by atoms with E-state index < -0.39 is 0 Å². The number of azide groups is 1. The fourth-order valence-electron chi connectivity index (χ4n) is 1.34. The molecule has 1 saturated heterocycles. The highest BCUT2D eigenvalue weighted by atomic mass is 16.1. The smallest absolute Gasteiger partial charge is 0.231 e. The molecule has 0 aromatic carbocycles. The van der Waals surface area contributed by atoms with Gasteiger partial charge < -0.3 is 5.73 Å². The molecule has 1 heterocycles. The molecule has 12 heavy (non-hydrogen) atoms. The van der Waals surface area contributed by atoms with E-state index in [9.17, 15) is 4.79 Å². The Morgan fingerprint density at radius 2 is 2.58 bits per heavy atom. The highest BCUT2D eigenvalue weighted by molar-refractivity contribution is 5.75. The van der Waals surface area contributed by atoms with E-state index in [2.05, 4.69) is 10.0 Å². The summed E-state index contributed by atoms with van der Waals surface area (Å²) in [4.78, 5) is 15.1. The van der Waals surface area contributed by atoms with Crippen molar-refractivity contribution in [2.24, 2.45) is 10.8 Å². The van der Waals surface area contributed by atoms with Crippen LogP contribution in [0, 0.1) is 0 Å². The molecule has 1 aliphatic rings. The number of carbonyl (C=O) groups excluding carboxylic acids is 1. The van der Waals surface area contributed by atoms with Gasteiger partial charge in [-0.15, -0.1) is 0 Å². The van der Waals surface area contributed by atoms with Gasteiger partial charge in [-0.3, -0.25) is 9.69 Å². The standard InChI is InChI=1S/C6H11N5O/c7-6(12)4-11-2-1-5(3-11)9-10-8/h5H,1-4H2,(H2,7,12)/t5-/m0/s1. The van der Waals surface area contributed by atoms with Gasteiger partial charge >= 0.3 is 0 Å². The summed E-state index contributed by atoms with van der Waals surface area (Å²) in [5.41, 5.74) is 13.2. The molecular weight excluding hydrogens is 158 g/mol. The van der Waals surface area contributed by atoms with E-state index >= 15 is 0 Å². The minimum atomic E-state index is -0.336. The van der Waals surface area contributed by atoms with Crippen LogP contribution in [0.25, 0.3) is 10.4 Å². The zero-order valence-corrected chi connectivity index (χ0v) is 6.68. The third-order valence-electron chi connectivity index (χ3n) is 1.84. The predicted octanol–water partition coefficient (Wildman–Crippen LogP) is -0.144. The van der Waals surface area contributed by atoms with Gasteiger partial charge in [0.05, 0.1) is 12.6 Å². The average molecular weight is 169 g/mol. The first kappa shape index (κ1) is 8.83. The van der Waals surface area contributed by atoms with Crippen LogP contribution in [0.15, 0.2) is 5.11 Å². The molecule has 1 aliphatic heterocycles. The Morgan fingerprint density at radius 1 is 1.83 bits per heavy atom. The second-order valence-corrected chi connectivity index (χ2v) is 2.85. The van der Waals surface area contributed by atoms with E-state index in [0.29, 0.717) is 6.54 Å². The second kappa shape index (κ2) is 3.94. The molecule has 1 amide bonds. The molecular formula is C6H11N5O. The Labute approximate surface area is 70.0 Å². The number of carbonyl (C=O) groups is 1. The molecule has 0 aliphatic carbocycles. The normalized spacial score (nSPS) is 23.5. The van der Waals surface area contributed by atoms with Crippen molar-refractivity contribution in [2.75, 3.05) is 19.6 Å². The summed E-state index contributed by atoms with van der Waals surface area (Å²) in [6.45, 7) is 1.69. The van der Waals surface area contributed by atoms with Crippen molar-refractivity contribution in [2.45, 2.75) is 12.5 Å². The Bertz CT molecular complexity index is 222. The number of nitrogens with two attached hydrogens (primary N) is 1. The maximum atomic E-state index is 10.5. The molecule has 0 aromatic heterocycles. The second-order valence-electron chi connectivity index (χ2n) is 2.85. The van der Waals surface area contributed by atoms with Gasteiger partial charge in [-0.1, -0.05) is 5.11 Å². The molecule has 0 saturated carbocycles. The average Bonchev–Trinajstić information content (AvgIpc) is 2.36. The maximum Gasteiger partial charge on any atom is 0.231 e. The SMILES string of the molecule is [N-]=[N+]=N[C@H]1CCN(CC(N)=O)C1. The van der Waals surface area contributed by atoms with Crippen molar-refractivity contribution in [1.29, 1.82) is 0 Å². The van der Waals surface area contributed by atoms with E-state index in [1.807, 2.05) is 4.90 Å². The van der Waals surface area contributed by atoms with E-state index in [-0.39, 0.29) is 18.5 Å². The zero-order chi connectivity index (χ0) is 8.97. The summed E-state index contributed by atoms with van der Waals surface area (Å²) < 4.78 is 0. The van der Waals surface area contributed by atoms with Crippen LogP contribution < -0.4 is 5.73 Å². The first-order chi connectivity index (χ1) is 5.72. The van der Waals surface area contributed by atoms with Crippen LogP contribution in [0.1, 0.15) is 6.42 Å². The predicted molar refractivity (Wildman–Crippen MR) is 43.2 cm³/mol. The van der Waals surface area contributed by atoms with Gasteiger partial charge in [0.25, 0.3) is 0 Å². The van der Waals surface area contributed by atoms with Gasteiger partial charge in [0, 0.05) is 11.5 Å². The van der Waals surface area contributed by atoms with E-state index in [0.717, 1.165) is 13.0 Å². The van der Waals surface area contributed by atoms with Crippen molar-refractivity contribution < 1.29 is 4.79 Å². The fourth-order valence-corrected chi connectivity index (χ4v) is 1.34. The lowest BCUT2D eigenvalue weighted by molar-refractivity contribution is -0.118. The van der Waals surface area contributed by atoms with Gasteiger partial charge in [-0.05, 0) is 18.5 Å². The summed E-state index contributed by atoms with van der Waals surface area (Å²) in [5, 5.41) is 3.57. The van der Waals surface area contributed by atoms with Crippen LogP contribution in [0.3, 0.4) is 0 Å². The fraction of sp³-hybridized carbons (Fsp3) is 0.833. The largest absolute Gasteiger partial charge is 0.369 e. The van der Waals surface area contributed by atoms with E-state index in [1.54, 1.807) is 0 Å². The minimum absolute atomic E-state index is 0.00866. The lowest BCUT2D eigenvalue weighted by atomic mass is 10.3. The van der Waals surface area contributed by atoms with Crippen LogP contribution in [0.2, 0.25) is 0 Å². The number of nitrogens with zero attached hydrogens (tertiary/aromatic N) is 4. The van der Waals surface area contributed by atoms with Crippen molar-refractivity contribution in [3.8, 4) is 0 Å². The molecule has 2 N–H and O–H groups in total. The van der Waals surface area contributed by atoms with Crippen LogP contribution in [0.5, 0.6) is 0 Å². The summed E-state index contributed by atoms with van der Waals surface area (Å²) in [6, 6.07) is 0.00866. The lowest BCUT2D eigenvalue weighted by Crippen LogP contribution is -2.32. The molecule has 6 nitrogen and oxygen atoms in total. The number of primary amides is 1. The molecule has 1 fully saturated rings. The molecule has 0 aromatic rings. The summed E-state index contributed by atoms with van der Waals surface area (Å²) >= 11 is 0. The molecule has 0 radical (unpaired) electrons. The summed E-state index contributed by atoms with van der Waals surface area (Å²) in [5.74, 6) is -0.336. The Hall–Kier alpha value is -1.26. The maximum absolute atomic E-state index is 10.5. The Kier molecular flexibility index (Phi) is 2.90. The molecule has 6 heteroatoms. The highest BCUT2D eigenvalue weighted by Gasteiger charge is 2.21. The minimum Gasteiger partial charge on any atom is -0.369 e. The zero-order valence-electron chi connectivity index (χ0n) is 6.68. The monoisotopic (exact) mass is 169 g/mol. The molecule has 1 atom stereocenters.